The van der Waals surface area contributed by atoms with Crippen LogP contribution >= 0.6 is 0 Å². The van der Waals surface area contributed by atoms with Crippen LogP contribution < -0.4 is 15.4 Å². The summed E-state index contributed by atoms with van der Waals surface area (Å²) in [5.41, 5.74) is -2.20. The van der Waals surface area contributed by atoms with E-state index < -0.39 is 44.2 Å². The largest absolute Gasteiger partial charge is 0.416 e. The van der Waals surface area contributed by atoms with Crippen LogP contribution in [0.4, 0.5) is 48.2 Å². The standard InChI is InChI=1S/C30H28F7N5O2S/c31-22-4-3-5-23(15-22)40-27-25-6-1-2-7-26(25)41-28(42-27)38-16-18-8-10-19(11-9-18)17-39-45(43,44)24-13-20(29(32,33)34)12-21(14-24)30(35,36)37/h1-7,12-15,18-19,39H,8-11,16-17H2,(H2,38,40,41,42)/t18-,19-. The summed E-state index contributed by atoms with van der Waals surface area (Å²) < 4.78 is 120. The lowest BCUT2D eigenvalue weighted by atomic mass is 9.82. The Bertz CT molecular complexity index is 1740. The van der Waals surface area contributed by atoms with Crippen molar-refractivity contribution in [1.82, 2.24) is 14.7 Å². The van der Waals surface area contributed by atoms with Gasteiger partial charge in [0.25, 0.3) is 0 Å². The van der Waals surface area contributed by atoms with Gasteiger partial charge in [-0.15, -0.1) is 0 Å². The number of anilines is 3. The van der Waals surface area contributed by atoms with Crippen LogP contribution in [0.3, 0.4) is 0 Å². The average Bonchev–Trinajstić information content (AvgIpc) is 2.98. The number of halogens is 7. The maximum absolute atomic E-state index is 13.7. The number of benzene rings is 3. The van der Waals surface area contributed by atoms with Crippen LogP contribution in [0.2, 0.25) is 0 Å². The van der Waals surface area contributed by atoms with Gasteiger partial charge in [-0.3, -0.25) is 0 Å². The van der Waals surface area contributed by atoms with E-state index in [0.29, 0.717) is 55.2 Å². The van der Waals surface area contributed by atoms with E-state index in [1.54, 1.807) is 12.1 Å². The molecule has 1 aromatic heterocycles. The van der Waals surface area contributed by atoms with E-state index in [2.05, 4.69) is 25.3 Å². The van der Waals surface area contributed by atoms with E-state index in [9.17, 15) is 39.2 Å². The second-order valence-corrected chi connectivity index (χ2v) is 12.7. The van der Waals surface area contributed by atoms with Gasteiger partial charge in [0.15, 0.2) is 0 Å². The maximum atomic E-state index is 13.7. The number of aromatic nitrogens is 2. The van der Waals surface area contributed by atoms with E-state index in [-0.39, 0.29) is 36.6 Å². The Labute approximate surface area is 254 Å². The first-order valence-corrected chi connectivity index (χ1v) is 15.5. The molecule has 5 rings (SSSR count). The Hall–Kier alpha value is -3.98. The predicted molar refractivity (Wildman–Crippen MR) is 155 cm³/mol. The fourth-order valence-electron chi connectivity index (χ4n) is 5.22. The van der Waals surface area contributed by atoms with Gasteiger partial charge in [0.1, 0.15) is 11.6 Å². The van der Waals surface area contributed by atoms with Gasteiger partial charge in [-0.2, -0.15) is 31.3 Å². The first-order valence-electron chi connectivity index (χ1n) is 14.0. The normalized spacial score (nSPS) is 17.8. The third kappa shape index (κ3) is 8.19. The van der Waals surface area contributed by atoms with Crippen molar-refractivity contribution in [1.29, 1.82) is 0 Å². The Morgan fingerprint density at radius 1 is 0.756 bits per heavy atom. The molecule has 45 heavy (non-hydrogen) atoms. The summed E-state index contributed by atoms with van der Waals surface area (Å²) in [6.45, 7) is 0.392. The Balaban J connectivity index is 1.18. The lowest BCUT2D eigenvalue weighted by Gasteiger charge is -2.28. The molecule has 0 radical (unpaired) electrons. The number of hydrogen-bond acceptors (Lipinski definition) is 6. The third-order valence-corrected chi connectivity index (χ3v) is 9.04. The molecule has 0 aliphatic heterocycles. The van der Waals surface area contributed by atoms with Crippen molar-refractivity contribution >= 4 is 38.4 Å². The highest BCUT2D eigenvalue weighted by Crippen LogP contribution is 2.37. The number of fused-ring (bicyclic) bond motifs is 1. The number of nitrogens with one attached hydrogen (secondary N) is 3. The van der Waals surface area contributed by atoms with E-state index in [1.807, 2.05) is 24.3 Å². The average molecular weight is 656 g/mol. The van der Waals surface area contributed by atoms with Crippen LogP contribution in [-0.2, 0) is 22.4 Å². The zero-order valence-corrected chi connectivity index (χ0v) is 24.3. The summed E-state index contributed by atoms with van der Waals surface area (Å²) in [6, 6.07) is 13.6. The molecule has 1 saturated carbocycles. The number of hydrogen-bond donors (Lipinski definition) is 3. The third-order valence-electron chi connectivity index (χ3n) is 7.64. The Morgan fingerprint density at radius 2 is 1.38 bits per heavy atom. The summed E-state index contributed by atoms with van der Waals surface area (Å²) in [7, 11) is -4.64. The molecule has 0 atom stereocenters. The number of nitrogens with zero attached hydrogens (tertiary/aromatic N) is 2. The molecule has 0 bridgehead atoms. The van der Waals surface area contributed by atoms with Crippen molar-refractivity contribution in [3.8, 4) is 0 Å². The van der Waals surface area contributed by atoms with Crippen molar-refractivity contribution in [3.63, 3.8) is 0 Å². The highest BCUT2D eigenvalue weighted by molar-refractivity contribution is 7.89. The lowest BCUT2D eigenvalue weighted by molar-refractivity contribution is -0.143. The number of rotatable bonds is 9. The van der Waals surface area contributed by atoms with E-state index in [4.69, 9.17) is 0 Å². The van der Waals surface area contributed by atoms with Gasteiger partial charge >= 0.3 is 12.4 Å². The monoisotopic (exact) mass is 655 g/mol. The van der Waals surface area contributed by atoms with Crippen molar-refractivity contribution < 1.29 is 39.2 Å². The summed E-state index contributed by atoms with van der Waals surface area (Å²) in [6.07, 6.45) is -7.73. The molecule has 15 heteroatoms. The van der Waals surface area contributed by atoms with Gasteiger partial charge in [0.05, 0.1) is 21.5 Å². The quantitative estimate of drug-likeness (QED) is 0.160. The molecule has 1 aliphatic carbocycles. The zero-order chi connectivity index (χ0) is 32.4. The molecule has 3 N–H and O–H groups in total. The molecule has 240 valence electrons. The topological polar surface area (TPSA) is 96.0 Å². The van der Waals surface area contributed by atoms with Gasteiger partial charge in [-0.25, -0.2) is 22.5 Å². The zero-order valence-electron chi connectivity index (χ0n) is 23.5. The lowest BCUT2D eigenvalue weighted by Crippen LogP contribution is -2.32. The van der Waals surface area contributed by atoms with E-state index >= 15 is 0 Å². The molecule has 1 fully saturated rings. The minimum Gasteiger partial charge on any atom is -0.354 e. The fourth-order valence-corrected chi connectivity index (χ4v) is 6.41. The van der Waals surface area contributed by atoms with Crippen LogP contribution in [0, 0.1) is 17.7 Å². The molecule has 4 aromatic rings. The Kier molecular flexibility index (Phi) is 9.21. The molecule has 7 nitrogen and oxygen atoms in total. The van der Waals surface area contributed by atoms with Gasteiger partial charge in [-0.1, -0.05) is 18.2 Å². The second-order valence-electron chi connectivity index (χ2n) is 10.9. The fraction of sp³-hybridized carbons (Fsp3) is 0.333. The van der Waals surface area contributed by atoms with Crippen molar-refractivity contribution in [2.24, 2.45) is 11.8 Å². The van der Waals surface area contributed by atoms with Crippen LogP contribution in [0.1, 0.15) is 36.8 Å². The summed E-state index contributed by atoms with van der Waals surface area (Å²) in [4.78, 5) is 8.05. The van der Waals surface area contributed by atoms with E-state index in [0.717, 1.165) is 5.39 Å². The molecule has 0 spiro atoms. The minimum atomic E-state index is -5.16. The molecular formula is C30H28F7N5O2S. The van der Waals surface area contributed by atoms with Gasteiger partial charge in [-0.05, 0) is 86.1 Å². The minimum absolute atomic E-state index is 0.112. The van der Waals surface area contributed by atoms with Gasteiger partial charge in [0.2, 0.25) is 16.0 Å². The van der Waals surface area contributed by atoms with Gasteiger partial charge < -0.3 is 10.6 Å². The highest BCUT2D eigenvalue weighted by atomic mass is 32.2. The van der Waals surface area contributed by atoms with Crippen LogP contribution in [0.25, 0.3) is 10.9 Å². The highest BCUT2D eigenvalue weighted by Gasteiger charge is 2.38. The van der Waals surface area contributed by atoms with Gasteiger partial charge in [0, 0.05) is 24.2 Å². The first-order chi connectivity index (χ1) is 21.2. The van der Waals surface area contributed by atoms with Crippen LogP contribution in [-0.4, -0.2) is 31.5 Å². The molecule has 0 amide bonds. The summed E-state index contributed by atoms with van der Waals surface area (Å²) in [5.74, 6) is 0.495. The Morgan fingerprint density at radius 3 is 2.00 bits per heavy atom. The molecule has 1 heterocycles. The number of para-hydroxylation sites is 1. The van der Waals surface area contributed by atoms with E-state index in [1.165, 1.54) is 12.1 Å². The SMILES string of the molecule is O=S(=O)(NC[C@H]1CC[C@H](CNc2nc(Nc3cccc(F)c3)c3ccccc3n2)CC1)c1cc(C(F)(F)F)cc(C(F)(F)F)c1. The summed E-state index contributed by atoms with van der Waals surface area (Å²) in [5, 5.41) is 7.12. The number of alkyl halides is 6. The molecule has 3 aromatic carbocycles. The molecule has 0 saturated heterocycles. The van der Waals surface area contributed by atoms with Crippen LogP contribution in [0.15, 0.2) is 71.6 Å². The number of sulfonamides is 1. The first kappa shape index (κ1) is 32.4. The maximum Gasteiger partial charge on any atom is 0.416 e. The summed E-state index contributed by atoms with van der Waals surface area (Å²) >= 11 is 0. The molecular weight excluding hydrogens is 627 g/mol. The second kappa shape index (κ2) is 12.8. The molecule has 1 aliphatic rings. The molecule has 0 unspecified atom stereocenters. The smallest absolute Gasteiger partial charge is 0.354 e. The van der Waals surface area contributed by atoms with Crippen molar-refractivity contribution in [3.05, 3.63) is 83.7 Å². The van der Waals surface area contributed by atoms with Crippen molar-refractivity contribution in [2.75, 3.05) is 23.7 Å². The predicted octanol–water partition coefficient (Wildman–Crippen LogP) is 7.75. The van der Waals surface area contributed by atoms with Crippen molar-refractivity contribution in [2.45, 2.75) is 42.9 Å². The van der Waals surface area contributed by atoms with Crippen LogP contribution in [0.5, 0.6) is 0 Å².